The summed E-state index contributed by atoms with van der Waals surface area (Å²) >= 11 is 0. The quantitative estimate of drug-likeness (QED) is 0.701. The normalized spacial score (nSPS) is 19.9. The summed E-state index contributed by atoms with van der Waals surface area (Å²) in [5, 5.41) is 0. The van der Waals surface area contributed by atoms with Crippen molar-refractivity contribution in [3.63, 3.8) is 0 Å². The third kappa shape index (κ3) is 1.96. The summed E-state index contributed by atoms with van der Waals surface area (Å²) in [6, 6.07) is 1.78. The van der Waals surface area contributed by atoms with Crippen LogP contribution in [0.25, 0.3) is 5.57 Å². The Hall–Kier alpha value is -1.51. The molecule has 0 atom stereocenters. The van der Waals surface area contributed by atoms with E-state index < -0.39 is 0 Å². The summed E-state index contributed by atoms with van der Waals surface area (Å²) < 4.78 is 0. The number of carbonyl (C=O) groups excluding carboxylic acids is 1. The van der Waals surface area contributed by atoms with Crippen LogP contribution in [0.4, 0.5) is 0 Å². The Morgan fingerprint density at radius 2 is 1.93 bits per heavy atom. The van der Waals surface area contributed by atoms with Gasteiger partial charge in [0.1, 0.15) is 0 Å². The lowest BCUT2D eigenvalue weighted by molar-refractivity contribution is -0.115. The summed E-state index contributed by atoms with van der Waals surface area (Å²) in [5.41, 5.74) is 0.953. The van der Waals surface area contributed by atoms with E-state index in [4.69, 9.17) is 0 Å². The molecule has 0 saturated heterocycles. The first-order valence-electron chi connectivity index (χ1n) is 5.12. The van der Waals surface area contributed by atoms with Crippen molar-refractivity contribution in [2.24, 2.45) is 5.41 Å². The highest BCUT2D eigenvalue weighted by molar-refractivity contribution is 5.98. The number of rotatable bonds is 1. The Labute approximate surface area is 89.3 Å². The van der Waals surface area contributed by atoms with Gasteiger partial charge in [0, 0.05) is 24.4 Å². The van der Waals surface area contributed by atoms with Crippen molar-refractivity contribution in [2.45, 2.75) is 26.7 Å². The summed E-state index contributed by atoms with van der Waals surface area (Å²) in [6.45, 7) is 4.25. The van der Waals surface area contributed by atoms with E-state index in [0.29, 0.717) is 12.2 Å². The van der Waals surface area contributed by atoms with Gasteiger partial charge in [0.05, 0.1) is 0 Å². The highest BCUT2D eigenvalue weighted by Gasteiger charge is 2.30. The van der Waals surface area contributed by atoms with E-state index in [-0.39, 0.29) is 11.2 Å². The molecule has 0 N–H and O–H groups in total. The molecule has 78 valence electrons. The van der Waals surface area contributed by atoms with Crippen molar-refractivity contribution in [3.05, 3.63) is 30.4 Å². The van der Waals surface area contributed by atoms with Gasteiger partial charge in [-0.2, -0.15) is 0 Å². The minimum atomic E-state index is -0.00470. The van der Waals surface area contributed by atoms with Crippen LogP contribution < -0.4 is 0 Å². The Balaban J connectivity index is 2.46. The largest absolute Gasteiger partial charge is 0.295 e. The first-order valence-corrected chi connectivity index (χ1v) is 5.12. The third-order valence-electron chi connectivity index (χ3n) is 2.84. The number of nitrogens with zero attached hydrogens (tertiary/aromatic N) is 2. The molecule has 1 aliphatic rings. The fourth-order valence-corrected chi connectivity index (χ4v) is 1.80. The third-order valence-corrected chi connectivity index (χ3v) is 2.84. The molecule has 1 aromatic heterocycles. The van der Waals surface area contributed by atoms with Crippen LogP contribution >= 0.6 is 0 Å². The maximum absolute atomic E-state index is 11.4. The summed E-state index contributed by atoms with van der Waals surface area (Å²) in [7, 11) is 0. The van der Waals surface area contributed by atoms with E-state index in [1.54, 1.807) is 24.5 Å². The second-order valence-electron chi connectivity index (χ2n) is 4.48. The molecule has 1 heterocycles. The highest BCUT2D eigenvalue weighted by atomic mass is 16.1. The minimum Gasteiger partial charge on any atom is -0.295 e. The van der Waals surface area contributed by atoms with Crippen molar-refractivity contribution in [3.8, 4) is 0 Å². The molecule has 3 nitrogen and oxygen atoms in total. The number of allylic oxidation sites excluding steroid dienone is 2. The molecule has 1 aromatic rings. The van der Waals surface area contributed by atoms with Gasteiger partial charge in [-0.25, -0.2) is 9.97 Å². The van der Waals surface area contributed by atoms with Gasteiger partial charge in [0.2, 0.25) is 0 Å². The van der Waals surface area contributed by atoms with Crippen LogP contribution in [0, 0.1) is 5.41 Å². The molecule has 2 rings (SSSR count). The van der Waals surface area contributed by atoms with Crippen molar-refractivity contribution in [1.82, 2.24) is 9.97 Å². The molecular formula is C12H14N2O. The van der Waals surface area contributed by atoms with Gasteiger partial charge in [-0.1, -0.05) is 13.8 Å². The van der Waals surface area contributed by atoms with Gasteiger partial charge in [-0.05, 0) is 24.0 Å². The number of aromatic nitrogens is 2. The first kappa shape index (κ1) is 10.0. The molecule has 0 aromatic carbocycles. The van der Waals surface area contributed by atoms with Gasteiger partial charge in [-0.3, -0.25) is 4.79 Å². The Bertz CT molecular complexity index is 407. The van der Waals surface area contributed by atoms with E-state index >= 15 is 0 Å². The van der Waals surface area contributed by atoms with Crippen LogP contribution in [0.15, 0.2) is 24.5 Å². The van der Waals surface area contributed by atoms with Crippen molar-refractivity contribution in [2.75, 3.05) is 0 Å². The van der Waals surface area contributed by atoms with Crippen LogP contribution in [0.2, 0.25) is 0 Å². The van der Waals surface area contributed by atoms with Crippen molar-refractivity contribution >= 4 is 11.4 Å². The molecule has 0 saturated carbocycles. The molecule has 0 aliphatic heterocycles. The molecule has 0 radical (unpaired) electrons. The average Bonchev–Trinajstić information content (AvgIpc) is 2.23. The molecule has 0 unspecified atom stereocenters. The predicted molar refractivity (Wildman–Crippen MR) is 58.0 cm³/mol. The van der Waals surface area contributed by atoms with E-state index in [0.717, 1.165) is 12.0 Å². The number of hydrogen-bond donors (Lipinski definition) is 0. The maximum atomic E-state index is 11.4. The second-order valence-corrected chi connectivity index (χ2v) is 4.48. The van der Waals surface area contributed by atoms with E-state index in [2.05, 4.69) is 23.8 Å². The summed E-state index contributed by atoms with van der Waals surface area (Å²) in [4.78, 5) is 19.8. The van der Waals surface area contributed by atoms with Crippen LogP contribution in [-0.4, -0.2) is 15.8 Å². The molecule has 1 aliphatic carbocycles. The van der Waals surface area contributed by atoms with Crippen molar-refractivity contribution in [1.29, 1.82) is 0 Å². The minimum absolute atomic E-state index is 0.00470. The van der Waals surface area contributed by atoms with Crippen LogP contribution in [0.3, 0.4) is 0 Å². The zero-order valence-electron chi connectivity index (χ0n) is 9.03. The van der Waals surface area contributed by atoms with Gasteiger partial charge in [-0.15, -0.1) is 0 Å². The van der Waals surface area contributed by atoms with Gasteiger partial charge >= 0.3 is 0 Å². The standard InChI is InChI=1S/C12H14N2O/c1-12(2)5-4-9(15)8-10(12)11-13-6-3-7-14-11/h3,6-8H,4-5H2,1-2H3. The van der Waals surface area contributed by atoms with E-state index in [1.165, 1.54) is 0 Å². The number of carbonyl (C=O) groups is 1. The molecule has 0 spiro atoms. The zero-order valence-corrected chi connectivity index (χ0v) is 9.03. The summed E-state index contributed by atoms with van der Waals surface area (Å²) in [5.74, 6) is 0.854. The monoisotopic (exact) mass is 202 g/mol. The van der Waals surface area contributed by atoms with Crippen LogP contribution in [-0.2, 0) is 4.79 Å². The van der Waals surface area contributed by atoms with E-state index in [1.807, 2.05) is 0 Å². The van der Waals surface area contributed by atoms with E-state index in [9.17, 15) is 4.79 Å². The predicted octanol–water partition coefficient (Wildman–Crippen LogP) is 2.25. The SMILES string of the molecule is CC1(C)CCC(=O)C=C1c1ncccn1. The summed E-state index contributed by atoms with van der Waals surface area (Å²) in [6.07, 6.45) is 6.61. The molecule has 3 heteroatoms. The van der Waals surface area contributed by atoms with Gasteiger partial charge < -0.3 is 0 Å². The first-order chi connectivity index (χ1) is 7.09. The molecule has 0 bridgehead atoms. The lowest BCUT2D eigenvalue weighted by Crippen LogP contribution is -2.22. The molecule has 15 heavy (non-hydrogen) atoms. The van der Waals surface area contributed by atoms with Gasteiger partial charge in [0.25, 0.3) is 0 Å². The number of ketones is 1. The van der Waals surface area contributed by atoms with Crippen LogP contribution in [0.1, 0.15) is 32.5 Å². The zero-order chi connectivity index (χ0) is 10.9. The Morgan fingerprint density at radius 3 is 2.60 bits per heavy atom. The lowest BCUT2D eigenvalue weighted by Gasteiger charge is -2.29. The second kappa shape index (κ2) is 3.57. The van der Waals surface area contributed by atoms with Gasteiger partial charge in [0.15, 0.2) is 11.6 Å². The maximum Gasteiger partial charge on any atom is 0.156 e. The van der Waals surface area contributed by atoms with Crippen molar-refractivity contribution < 1.29 is 4.79 Å². The van der Waals surface area contributed by atoms with Crippen LogP contribution in [0.5, 0.6) is 0 Å². The topological polar surface area (TPSA) is 42.9 Å². The molecule has 0 fully saturated rings. The molecule has 0 amide bonds. The highest BCUT2D eigenvalue weighted by Crippen LogP contribution is 2.39. The Kier molecular flexibility index (Phi) is 2.39. The fraction of sp³-hybridized carbons (Fsp3) is 0.417. The fourth-order valence-electron chi connectivity index (χ4n) is 1.80. The lowest BCUT2D eigenvalue weighted by atomic mass is 9.75. The molecular weight excluding hydrogens is 188 g/mol. The average molecular weight is 202 g/mol. The number of hydrogen-bond acceptors (Lipinski definition) is 3. The smallest absolute Gasteiger partial charge is 0.156 e. The Morgan fingerprint density at radius 1 is 1.27 bits per heavy atom.